The van der Waals surface area contributed by atoms with E-state index in [1.54, 1.807) is 21.1 Å². The Morgan fingerprint density at radius 3 is 2.30 bits per heavy atom. The predicted molar refractivity (Wildman–Crippen MR) is 93.0 cm³/mol. The SMILES string of the molecule is COc1cc(CNCCC(C)O)c(-c2ccccc2)cc1OC. The molecule has 2 aromatic carbocycles. The topological polar surface area (TPSA) is 50.7 Å². The van der Waals surface area contributed by atoms with Crippen LogP contribution in [0.2, 0.25) is 0 Å². The van der Waals surface area contributed by atoms with Gasteiger partial charge in [-0.1, -0.05) is 30.3 Å². The van der Waals surface area contributed by atoms with Crippen molar-refractivity contribution in [3.05, 3.63) is 48.0 Å². The van der Waals surface area contributed by atoms with Crippen molar-refractivity contribution in [2.24, 2.45) is 0 Å². The number of nitrogens with one attached hydrogen (secondary N) is 1. The Bertz CT molecular complexity index is 612. The highest BCUT2D eigenvalue weighted by molar-refractivity contribution is 5.71. The van der Waals surface area contributed by atoms with E-state index in [1.165, 1.54) is 0 Å². The second-order valence-corrected chi connectivity index (χ2v) is 5.54. The van der Waals surface area contributed by atoms with E-state index in [4.69, 9.17) is 9.47 Å². The number of aliphatic hydroxyl groups is 1. The molecule has 0 radical (unpaired) electrons. The fraction of sp³-hybridized carbons (Fsp3) is 0.368. The molecule has 23 heavy (non-hydrogen) atoms. The van der Waals surface area contributed by atoms with Gasteiger partial charge in [0.1, 0.15) is 0 Å². The van der Waals surface area contributed by atoms with Gasteiger partial charge in [0.05, 0.1) is 20.3 Å². The van der Waals surface area contributed by atoms with Crippen molar-refractivity contribution < 1.29 is 14.6 Å². The molecular weight excluding hydrogens is 290 g/mol. The quantitative estimate of drug-likeness (QED) is 0.734. The molecule has 124 valence electrons. The van der Waals surface area contributed by atoms with Crippen LogP contribution < -0.4 is 14.8 Å². The fourth-order valence-corrected chi connectivity index (χ4v) is 2.49. The first kappa shape index (κ1) is 17.3. The Morgan fingerprint density at radius 2 is 1.70 bits per heavy atom. The Kier molecular flexibility index (Phi) is 6.44. The molecule has 2 N–H and O–H groups in total. The van der Waals surface area contributed by atoms with Gasteiger partial charge < -0.3 is 19.9 Å². The standard InChI is InChI=1S/C19H25NO3/c1-14(21)9-10-20-13-16-11-18(22-2)19(23-3)12-17(16)15-7-5-4-6-8-15/h4-8,11-12,14,20-21H,9-10,13H2,1-3H3. The van der Waals surface area contributed by atoms with E-state index >= 15 is 0 Å². The van der Waals surface area contributed by atoms with Crippen molar-refractivity contribution in [2.45, 2.75) is 26.0 Å². The van der Waals surface area contributed by atoms with Gasteiger partial charge in [-0.25, -0.2) is 0 Å². The highest BCUT2D eigenvalue weighted by Crippen LogP contribution is 2.35. The summed E-state index contributed by atoms with van der Waals surface area (Å²) in [4.78, 5) is 0. The van der Waals surface area contributed by atoms with Gasteiger partial charge in [0.15, 0.2) is 11.5 Å². The smallest absolute Gasteiger partial charge is 0.161 e. The lowest BCUT2D eigenvalue weighted by Gasteiger charge is -2.16. The third kappa shape index (κ3) is 4.71. The Hall–Kier alpha value is -2.04. The van der Waals surface area contributed by atoms with E-state index in [1.807, 2.05) is 30.3 Å². The summed E-state index contributed by atoms with van der Waals surface area (Å²) in [6.45, 7) is 3.27. The molecule has 0 amide bonds. The maximum atomic E-state index is 9.36. The van der Waals surface area contributed by atoms with Gasteiger partial charge in [-0.2, -0.15) is 0 Å². The molecule has 0 aliphatic rings. The fourth-order valence-electron chi connectivity index (χ4n) is 2.49. The molecule has 0 spiro atoms. The van der Waals surface area contributed by atoms with Gasteiger partial charge >= 0.3 is 0 Å². The minimum absolute atomic E-state index is 0.290. The summed E-state index contributed by atoms with van der Waals surface area (Å²) in [5, 5.41) is 12.7. The Balaban J connectivity index is 2.29. The molecule has 2 aromatic rings. The zero-order valence-electron chi connectivity index (χ0n) is 14.0. The largest absolute Gasteiger partial charge is 0.493 e. The normalized spacial score (nSPS) is 12.0. The average Bonchev–Trinajstić information content (AvgIpc) is 2.58. The molecule has 0 aliphatic carbocycles. The Morgan fingerprint density at radius 1 is 1.04 bits per heavy atom. The maximum Gasteiger partial charge on any atom is 0.161 e. The molecule has 0 aromatic heterocycles. The lowest BCUT2D eigenvalue weighted by atomic mass is 9.98. The number of benzene rings is 2. The van der Waals surface area contributed by atoms with Gasteiger partial charge in [-0.05, 0) is 48.7 Å². The summed E-state index contributed by atoms with van der Waals surface area (Å²) in [7, 11) is 3.29. The molecule has 1 unspecified atom stereocenters. The van der Waals surface area contributed by atoms with Crippen molar-refractivity contribution in [1.82, 2.24) is 5.32 Å². The van der Waals surface area contributed by atoms with Crippen LogP contribution in [0.5, 0.6) is 11.5 Å². The van der Waals surface area contributed by atoms with Crippen LogP contribution in [0.4, 0.5) is 0 Å². The molecule has 0 aliphatic heterocycles. The van der Waals surface area contributed by atoms with Crippen LogP contribution in [-0.4, -0.2) is 32.0 Å². The molecule has 4 nitrogen and oxygen atoms in total. The van der Waals surface area contributed by atoms with Crippen molar-refractivity contribution in [3.63, 3.8) is 0 Å². The zero-order chi connectivity index (χ0) is 16.7. The van der Waals surface area contributed by atoms with Crippen molar-refractivity contribution >= 4 is 0 Å². The van der Waals surface area contributed by atoms with Crippen LogP contribution in [-0.2, 0) is 6.54 Å². The van der Waals surface area contributed by atoms with Crippen LogP contribution in [0.15, 0.2) is 42.5 Å². The van der Waals surface area contributed by atoms with Gasteiger partial charge in [0, 0.05) is 6.54 Å². The van der Waals surface area contributed by atoms with Crippen LogP contribution in [0.3, 0.4) is 0 Å². The third-order valence-electron chi connectivity index (χ3n) is 3.75. The lowest BCUT2D eigenvalue weighted by molar-refractivity contribution is 0.183. The van der Waals surface area contributed by atoms with Crippen molar-refractivity contribution in [1.29, 1.82) is 0 Å². The van der Waals surface area contributed by atoms with Crippen LogP contribution in [0.25, 0.3) is 11.1 Å². The lowest BCUT2D eigenvalue weighted by Crippen LogP contribution is -2.19. The van der Waals surface area contributed by atoms with E-state index < -0.39 is 0 Å². The molecule has 0 saturated carbocycles. The van der Waals surface area contributed by atoms with Gasteiger partial charge in [-0.3, -0.25) is 0 Å². The van der Waals surface area contributed by atoms with Crippen molar-refractivity contribution in [2.75, 3.05) is 20.8 Å². The highest BCUT2D eigenvalue weighted by Gasteiger charge is 2.12. The second kappa shape index (κ2) is 8.56. The molecule has 0 heterocycles. The van der Waals surface area contributed by atoms with Crippen LogP contribution in [0, 0.1) is 0 Å². The number of hydrogen-bond donors (Lipinski definition) is 2. The van der Waals surface area contributed by atoms with Crippen LogP contribution >= 0.6 is 0 Å². The molecule has 1 atom stereocenters. The first-order valence-electron chi connectivity index (χ1n) is 7.84. The number of ether oxygens (including phenoxy) is 2. The number of methoxy groups -OCH3 is 2. The Labute approximate surface area is 138 Å². The second-order valence-electron chi connectivity index (χ2n) is 5.54. The number of rotatable bonds is 8. The number of aliphatic hydroxyl groups excluding tert-OH is 1. The highest BCUT2D eigenvalue weighted by atomic mass is 16.5. The average molecular weight is 315 g/mol. The molecular formula is C19H25NO3. The molecule has 4 heteroatoms. The van der Waals surface area contributed by atoms with E-state index in [-0.39, 0.29) is 6.10 Å². The van der Waals surface area contributed by atoms with Gasteiger partial charge in [-0.15, -0.1) is 0 Å². The molecule has 0 fully saturated rings. The zero-order valence-corrected chi connectivity index (χ0v) is 14.0. The van der Waals surface area contributed by atoms with E-state index in [2.05, 4.69) is 17.4 Å². The summed E-state index contributed by atoms with van der Waals surface area (Å²) >= 11 is 0. The minimum Gasteiger partial charge on any atom is -0.493 e. The minimum atomic E-state index is -0.290. The monoisotopic (exact) mass is 315 g/mol. The maximum absolute atomic E-state index is 9.36. The summed E-state index contributed by atoms with van der Waals surface area (Å²) in [5.41, 5.74) is 3.40. The molecule has 2 rings (SSSR count). The van der Waals surface area contributed by atoms with Gasteiger partial charge in [0.2, 0.25) is 0 Å². The van der Waals surface area contributed by atoms with Crippen molar-refractivity contribution in [3.8, 4) is 22.6 Å². The number of hydrogen-bond acceptors (Lipinski definition) is 4. The summed E-state index contributed by atoms with van der Waals surface area (Å²) in [5.74, 6) is 1.44. The molecule has 0 saturated heterocycles. The van der Waals surface area contributed by atoms with E-state index in [0.717, 1.165) is 41.2 Å². The van der Waals surface area contributed by atoms with Crippen LogP contribution in [0.1, 0.15) is 18.9 Å². The van der Waals surface area contributed by atoms with E-state index in [9.17, 15) is 5.11 Å². The summed E-state index contributed by atoms with van der Waals surface area (Å²) in [6, 6.07) is 14.2. The summed E-state index contributed by atoms with van der Waals surface area (Å²) < 4.78 is 10.9. The predicted octanol–water partition coefficient (Wildman–Crippen LogP) is 3.23. The summed E-state index contributed by atoms with van der Waals surface area (Å²) in [6.07, 6.45) is 0.440. The first-order chi connectivity index (χ1) is 11.2. The molecule has 0 bridgehead atoms. The third-order valence-corrected chi connectivity index (χ3v) is 3.75. The van der Waals surface area contributed by atoms with Gasteiger partial charge in [0.25, 0.3) is 0 Å². The van der Waals surface area contributed by atoms with E-state index in [0.29, 0.717) is 6.54 Å². The first-order valence-corrected chi connectivity index (χ1v) is 7.84.